The molecule has 0 spiro atoms. The highest BCUT2D eigenvalue weighted by atomic mass is 32.1. The topological polar surface area (TPSA) is 65.4 Å². The lowest BCUT2D eigenvalue weighted by molar-refractivity contribution is -0.116. The molecule has 1 fully saturated rings. The maximum atomic E-state index is 12.9. The number of pyridine rings is 1. The van der Waals surface area contributed by atoms with Crippen molar-refractivity contribution in [3.8, 4) is 5.69 Å². The molecule has 38 heavy (non-hydrogen) atoms. The average molecular weight is 525 g/mol. The van der Waals surface area contributed by atoms with Crippen LogP contribution in [0.2, 0.25) is 0 Å². The molecule has 0 bridgehead atoms. The van der Waals surface area contributed by atoms with E-state index in [0.29, 0.717) is 18.1 Å². The molecule has 1 aliphatic rings. The molecule has 1 aliphatic heterocycles. The van der Waals surface area contributed by atoms with Gasteiger partial charge in [0.1, 0.15) is 0 Å². The highest BCUT2D eigenvalue weighted by Gasteiger charge is 2.41. The van der Waals surface area contributed by atoms with Crippen LogP contribution < -0.4 is 15.5 Å². The molecule has 3 heterocycles. The Labute approximate surface area is 229 Å². The number of para-hydroxylation sites is 1. The first-order chi connectivity index (χ1) is 18.4. The summed E-state index contributed by atoms with van der Waals surface area (Å²) in [6.45, 7) is 2.46. The quantitative estimate of drug-likeness (QED) is 0.307. The smallest absolute Gasteiger partial charge is 0.226 e. The van der Waals surface area contributed by atoms with Crippen LogP contribution in [-0.4, -0.2) is 46.1 Å². The summed E-state index contributed by atoms with van der Waals surface area (Å²) in [6, 6.07) is 26.0. The van der Waals surface area contributed by atoms with Gasteiger partial charge in [-0.05, 0) is 79.3 Å². The van der Waals surface area contributed by atoms with Gasteiger partial charge in [0.2, 0.25) is 5.91 Å². The lowest BCUT2D eigenvalue weighted by Gasteiger charge is -2.29. The van der Waals surface area contributed by atoms with Gasteiger partial charge in [-0.25, -0.2) is 0 Å². The van der Waals surface area contributed by atoms with Crippen LogP contribution in [0.15, 0.2) is 91.3 Å². The average Bonchev–Trinajstić information content (AvgIpc) is 3.53. The number of aromatic nitrogens is 2. The molecule has 0 aliphatic carbocycles. The number of nitrogens with one attached hydrogen (secondary N) is 2. The molecule has 5 rings (SSSR count). The maximum Gasteiger partial charge on any atom is 0.226 e. The number of hydrogen-bond acceptors (Lipinski definition) is 4. The molecule has 2 N–H and O–H groups in total. The number of nitrogens with zero attached hydrogens (tertiary/aromatic N) is 4. The highest BCUT2D eigenvalue weighted by Crippen LogP contribution is 2.39. The molecule has 4 aromatic rings. The molecule has 194 valence electrons. The Kier molecular flexibility index (Phi) is 7.42. The van der Waals surface area contributed by atoms with Gasteiger partial charge in [0.15, 0.2) is 5.11 Å². The predicted octanol–water partition coefficient (Wildman–Crippen LogP) is 5.25. The number of rotatable bonds is 8. The summed E-state index contributed by atoms with van der Waals surface area (Å²) in [5, 5.41) is 7.15. The Morgan fingerprint density at radius 1 is 1.03 bits per heavy atom. The third-order valence-corrected chi connectivity index (χ3v) is 7.28. The van der Waals surface area contributed by atoms with Gasteiger partial charge >= 0.3 is 0 Å². The van der Waals surface area contributed by atoms with Crippen molar-refractivity contribution in [2.75, 3.05) is 30.9 Å². The Morgan fingerprint density at radius 2 is 1.79 bits per heavy atom. The number of anilines is 2. The van der Waals surface area contributed by atoms with Crippen LogP contribution in [0.5, 0.6) is 0 Å². The fourth-order valence-corrected chi connectivity index (χ4v) is 5.23. The first-order valence-electron chi connectivity index (χ1n) is 12.7. The summed E-state index contributed by atoms with van der Waals surface area (Å²) < 4.78 is 2.19. The lowest BCUT2D eigenvalue weighted by atomic mass is 10.0. The second-order valence-electron chi connectivity index (χ2n) is 9.65. The van der Waals surface area contributed by atoms with Gasteiger partial charge in [-0.1, -0.05) is 24.3 Å². The number of benzene rings is 2. The minimum atomic E-state index is -0.155. The number of carbonyl (C=O) groups excluding carboxylic acids is 1. The van der Waals surface area contributed by atoms with Crippen LogP contribution in [0.1, 0.15) is 35.5 Å². The molecule has 7 nitrogen and oxygen atoms in total. The van der Waals surface area contributed by atoms with E-state index in [0.717, 1.165) is 34.0 Å². The standard InChI is InChI=1S/C30H32N6OS/c1-21-9-4-5-10-24(21)32-27(37)17-20-36-29(28(33-30(36)38)25-11-6-7-18-31-25)26-12-8-19-35(26)23-15-13-22(14-16-23)34(2)3/h4-16,18-19,28-29H,17,20H2,1-3H3,(H,32,37)(H,33,38)/t28-,29-/m1/s1. The lowest BCUT2D eigenvalue weighted by Crippen LogP contribution is -2.33. The first-order valence-corrected chi connectivity index (χ1v) is 13.1. The van der Waals surface area contributed by atoms with Crippen molar-refractivity contribution in [3.05, 3.63) is 108 Å². The largest absolute Gasteiger partial charge is 0.378 e. The third kappa shape index (κ3) is 5.26. The van der Waals surface area contributed by atoms with Crippen molar-refractivity contribution in [3.63, 3.8) is 0 Å². The van der Waals surface area contributed by atoms with E-state index in [4.69, 9.17) is 12.2 Å². The summed E-state index contributed by atoms with van der Waals surface area (Å²) >= 11 is 5.82. The predicted molar refractivity (Wildman–Crippen MR) is 157 cm³/mol. The molecule has 0 unspecified atom stereocenters. The fourth-order valence-electron chi connectivity index (χ4n) is 4.90. The Balaban J connectivity index is 1.44. The normalized spacial score (nSPS) is 16.8. The van der Waals surface area contributed by atoms with Crippen LogP contribution in [0, 0.1) is 6.92 Å². The first kappa shape index (κ1) is 25.5. The molecule has 1 saturated heterocycles. The number of aryl methyl sites for hydroxylation is 1. The zero-order valence-corrected chi connectivity index (χ0v) is 22.7. The molecule has 2 aromatic heterocycles. The van der Waals surface area contributed by atoms with Gasteiger partial charge in [0.25, 0.3) is 0 Å². The van der Waals surface area contributed by atoms with E-state index >= 15 is 0 Å². The molecule has 8 heteroatoms. The molecule has 2 aromatic carbocycles. The molecular formula is C30H32N6OS. The summed E-state index contributed by atoms with van der Waals surface area (Å²) in [6.07, 6.45) is 4.17. The minimum Gasteiger partial charge on any atom is -0.378 e. The molecule has 2 atom stereocenters. The molecular weight excluding hydrogens is 492 g/mol. The van der Waals surface area contributed by atoms with Gasteiger partial charge in [0, 0.05) is 62.2 Å². The van der Waals surface area contributed by atoms with E-state index < -0.39 is 0 Å². The van der Waals surface area contributed by atoms with E-state index in [2.05, 4.69) is 72.6 Å². The Hall–Kier alpha value is -4.17. The Morgan fingerprint density at radius 3 is 2.50 bits per heavy atom. The summed E-state index contributed by atoms with van der Waals surface area (Å²) in [4.78, 5) is 21.8. The zero-order valence-electron chi connectivity index (χ0n) is 21.8. The summed E-state index contributed by atoms with van der Waals surface area (Å²) in [5.74, 6) is -0.0446. The van der Waals surface area contributed by atoms with Crippen LogP contribution in [0.25, 0.3) is 5.69 Å². The van der Waals surface area contributed by atoms with Gasteiger partial charge in [-0.15, -0.1) is 0 Å². The van der Waals surface area contributed by atoms with E-state index in [1.807, 2.05) is 63.5 Å². The van der Waals surface area contributed by atoms with Crippen LogP contribution in [-0.2, 0) is 4.79 Å². The van der Waals surface area contributed by atoms with Crippen LogP contribution >= 0.6 is 12.2 Å². The highest BCUT2D eigenvalue weighted by molar-refractivity contribution is 7.80. The van der Waals surface area contributed by atoms with Crippen molar-refractivity contribution in [2.24, 2.45) is 0 Å². The van der Waals surface area contributed by atoms with Crippen molar-refractivity contribution in [1.29, 1.82) is 0 Å². The van der Waals surface area contributed by atoms with Crippen LogP contribution in [0.3, 0.4) is 0 Å². The number of amides is 1. The summed E-state index contributed by atoms with van der Waals surface area (Å²) in [5.41, 5.74) is 6.04. The Bertz CT molecular complexity index is 1420. The van der Waals surface area contributed by atoms with E-state index in [-0.39, 0.29) is 18.0 Å². The van der Waals surface area contributed by atoms with Gasteiger partial charge in [-0.3, -0.25) is 9.78 Å². The van der Waals surface area contributed by atoms with E-state index in [1.165, 1.54) is 0 Å². The van der Waals surface area contributed by atoms with Gasteiger partial charge in [-0.2, -0.15) is 0 Å². The van der Waals surface area contributed by atoms with E-state index in [1.54, 1.807) is 6.20 Å². The minimum absolute atomic E-state index is 0.0446. The fraction of sp³-hybridized carbons (Fsp3) is 0.233. The van der Waals surface area contributed by atoms with Crippen molar-refractivity contribution < 1.29 is 4.79 Å². The third-order valence-electron chi connectivity index (χ3n) is 6.92. The second-order valence-corrected chi connectivity index (χ2v) is 10.0. The summed E-state index contributed by atoms with van der Waals surface area (Å²) in [7, 11) is 4.07. The molecule has 0 saturated carbocycles. The van der Waals surface area contributed by atoms with E-state index in [9.17, 15) is 4.79 Å². The number of thiocarbonyl (C=S) groups is 1. The monoisotopic (exact) mass is 524 g/mol. The van der Waals surface area contributed by atoms with Crippen LogP contribution in [0.4, 0.5) is 11.4 Å². The number of hydrogen-bond donors (Lipinski definition) is 2. The van der Waals surface area contributed by atoms with Gasteiger partial charge in [0.05, 0.1) is 17.8 Å². The van der Waals surface area contributed by atoms with Gasteiger partial charge < -0.3 is 25.0 Å². The SMILES string of the molecule is Cc1ccccc1NC(=O)CCN1C(=S)N[C@H](c2ccccn2)[C@H]1c1cccn1-c1ccc(N(C)C)cc1. The molecule has 0 radical (unpaired) electrons. The van der Waals surface area contributed by atoms with Crippen molar-refractivity contribution in [1.82, 2.24) is 19.8 Å². The second kappa shape index (κ2) is 11.1. The number of carbonyl (C=O) groups is 1. The molecule has 1 amide bonds. The zero-order chi connectivity index (χ0) is 26.6. The van der Waals surface area contributed by atoms with Crippen molar-refractivity contribution >= 4 is 34.6 Å². The maximum absolute atomic E-state index is 12.9. The van der Waals surface area contributed by atoms with Crippen molar-refractivity contribution in [2.45, 2.75) is 25.4 Å².